The highest BCUT2D eigenvalue weighted by atomic mass is 16.7. The lowest BCUT2D eigenvalue weighted by Crippen LogP contribution is -2.37. The summed E-state index contributed by atoms with van der Waals surface area (Å²) in [6.45, 7) is 7.42. The summed E-state index contributed by atoms with van der Waals surface area (Å²) in [5.74, 6) is -0.919. The first-order valence-corrected chi connectivity index (χ1v) is 5.54. The van der Waals surface area contributed by atoms with Gasteiger partial charge in [0.1, 0.15) is 6.54 Å². The average Bonchev–Trinajstić information content (AvgIpc) is 2.14. The number of carbonyl (C=O) groups is 1. The predicted molar refractivity (Wildman–Crippen MR) is 67.0 cm³/mol. The summed E-state index contributed by atoms with van der Waals surface area (Å²) in [5.41, 5.74) is 1.33. The van der Waals surface area contributed by atoms with Crippen LogP contribution in [-0.4, -0.2) is 23.2 Å². The summed E-state index contributed by atoms with van der Waals surface area (Å²) >= 11 is 0. The number of nitrogens with zero attached hydrogens (tertiary/aromatic N) is 1. The molecule has 94 valence electrons. The quantitative estimate of drug-likeness (QED) is 0.818. The normalized spacial score (nSPS) is 11.3. The van der Waals surface area contributed by atoms with Crippen LogP contribution in [0.1, 0.15) is 26.3 Å². The molecule has 1 rings (SSSR count). The van der Waals surface area contributed by atoms with Gasteiger partial charge in [-0.25, -0.2) is 5.06 Å². The summed E-state index contributed by atoms with van der Waals surface area (Å²) in [4.78, 5) is 16.5. The van der Waals surface area contributed by atoms with E-state index in [0.29, 0.717) is 0 Å². The van der Waals surface area contributed by atoms with E-state index < -0.39 is 11.6 Å². The predicted octanol–water partition coefficient (Wildman–Crippen LogP) is 2.62. The van der Waals surface area contributed by atoms with Crippen LogP contribution in [0.5, 0.6) is 0 Å². The third-order valence-electron chi connectivity index (χ3n) is 2.05. The molecule has 0 heterocycles. The number of aliphatic carboxylic acids is 1. The largest absolute Gasteiger partial charge is 0.480 e. The standard InChI is InChI=1S/C13H19NO3/c1-10-7-5-6-8-11(10)14(9-12(15)16)17-13(2,3)4/h5-8H,9H2,1-4H3,(H,15,16). The van der Waals surface area contributed by atoms with Crippen LogP contribution in [-0.2, 0) is 9.63 Å². The van der Waals surface area contributed by atoms with E-state index in [1.54, 1.807) is 0 Å². The molecule has 0 saturated heterocycles. The molecule has 0 atom stereocenters. The van der Waals surface area contributed by atoms with E-state index in [4.69, 9.17) is 9.94 Å². The Kier molecular flexibility index (Phi) is 4.12. The Morgan fingerprint density at radius 2 is 1.94 bits per heavy atom. The Bertz CT molecular complexity index is 396. The zero-order valence-electron chi connectivity index (χ0n) is 10.7. The van der Waals surface area contributed by atoms with E-state index >= 15 is 0 Å². The third-order valence-corrected chi connectivity index (χ3v) is 2.05. The molecule has 1 aromatic carbocycles. The molecule has 0 unspecified atom stereocenters. The molecule has 0 aliphatic carbocycles. The van der Waals surface area contributed by atoms with Crippen molar-refractivity contribution in [1.82, 2.24) is 0 Å². The molecule has 0 aliphatic heterocycles. The molecule has 4 nitrogen and oxygen atoms in total. The van der Waals surface area contributed by atoms with Crippen LogP contribution < -0.4 is 5.06 Å². The van der Waals surface area contributed by atoms with Gasteiger partial charge in [0.2, 0.25) is 0 Å². The maximum Gasteiger partial charge on any atom is 0.325 e. The Labute approximate surface area is 102 Å². The van der Waals surface area contributed by atoms with Gasteiger partial charge in [-0.15, -0.1) is 0 Å². The van der Waals surface area contributed by atoms with Gasteiger partial charge < -0.3 is 5.11 Å². The monoisotopic (exact) mass is 237 g/mol. The molecule has 1 N–H and O–H groups in total. The number of hydrogen-bond acceptors (Lipinski definition) is 3. The maximum absolute atomic E-state index is 10.9. The van der Waals surface area contributed by atoms with E-state index in [-0.39, 0.29) is 6.54 Å². The Balaban J connectivity index is 2.98. The number of carboxylic acid groups (broad SMARTS) is 1. The van der Waals surface area contributed by atoms with Crippen molar-refractivity contribution in [2.24, 2.45) is 0 Å². The zero-order valence-corrected chi connectivity index (χ0v) is 10.7. The number of anilines is 1. The van der Waals surface area contributed by atoms with Crippen LogP contribution in [0.25, 0.3) is 0 Å². The molecule has 0 bridgehead atoms. The van der Waals surface area contributed by atoms with Crippen molar-refractivity contribution in [2.45, 2.75) is 33.3 Å². The second-order valence-electron chi connectivity index (χ2n) is 4.92. The minimum atomic E-state index is -0.919. The van der Waals surface area contributed by atoms with Crippen molar-refractivity contribution in [1.29, 1.82) is 0 Å². The molecule has 0 saturated carbocycles. The highest BCUT2D eigenvalue weighted by Crippen LogP contribution is 2.22. The van der Waals surface area contributed by atoms with Crippen LogP contribution in [0.15, 0.2) is 24.3 Å². The van der Waals surface area contributed by atoms with Gasteiger partial charge in [0.05, 0.1) is 11.3 Å². The number of hydrogen-bond donors (Lipinski definition) is 1. The van der Waals surface area contributed by atoms with Crippen molar-refractivity contribution in [3.05, 3.63) is 29.8 Å². The molecular weight excluding hydrogens is 218 g/mol. The molecule has 17 heavy (non-hydrogen) atoms. The molecule has 0 radical (unpaired) electrons. The molecular formula is C13H19NO3. The molecule has 4 heteroatoms. The van der Waals surface area contributed by atoms with Gasteiger partial charge in [0, 0.05) is 0 Å². The van der Waals surface area contributed by atoms with E-state index in [0.717, 1.165) is 11.3 Å². The van der Waals surface area contributed by atoms with Gasteiger partial charge in [-0.3, -0.25) is 9.63 Å². The van der Waals surface area contributed by atoms with Crippen LogP contribution in [0.4, 0.5) is 5.69 Å². The molecule has 0 aromatic heterocycles. The topological polar surface area (TPSA) is 49.8 Å². The van der Waals surface area contributed by atoms with Gasteiger partial charge >= 0.3 is 5.97 Å². The van der Waals surface area contributed by atoms with Crippen LogP contribution >= 0.6 is 0 Å². The lowest BCUT2D eigenvalue weighted by atomic mass is 10.2. The SMILES string of the molecule is Cc1ccccc1N(CC(=O)O)OC(C)(C)C. The van der Waals surface area contributed by atoms with Crippen molar-refractivity contribution >= 4 is 11.7 Å². The van der Waals surface area contributed by atoms with Crippen molar-refractivity contribution < 1.29 is 14.7 Å². The summed E-state index contributed by atoms with van der Waals surface area (Å²) < 4.78 is 0. The summed E-state index contributed by atoms with van der Waals surface area (Å²) in [7, 11) is 0. The second-order valence-corrected chi connectivity index (χ2v) is 4.92. The Hall–Kier alpha value is -1.55. The van der Waals surface area contributed by atoms with Gasteiger partial charge in [-0.2, -0.15) is 0 Å². The summed E-state index contributed by atoms with van der Waals surface area (Å²) in [5, 5.41) is 10.3. The van der Waals surface area contributed by atoms with E-state index in [2.05, 4.69) is 0 Å². The fourth-order valence-corrected chi connectivity index (χ4v) is 1.46. The van der Waals surface area contributed by atoms with Crippen LogP contribution in [0.3, 0.4) is 0 Å². The number of benzene rings is 1. The fraction of sp³-hybridized carbons (Fsp3) is 0.462. The van der Waals surface area contributed by atoms with Gasteiger partial charge in [-0.1, -0.05) is 18.2 Å². The van der Waals surface area contributed by atoms with Crippen molar-refractivity contribution in [3.63, 3.8) is 0 Å². The average molecular weight is 237 g/mol. The number of rotatable bonds is 4. The first-order valence-electron chi connectivity index (χ1n) is 5.54. The third kappa shape index (κ3) is 4.44. The first kappa shape index (κ1) is 13.5. The highest BCUT2D eigenvalue weighted by molar-refractivity contribution is 5.73. The first-order chi connectivity index (χ1) is 7.79. The number of carboxylic acids is 1. The van der Waals surface area contributed by atoms with E-state index in [1.807, 2.05) is 52.0 Å². The van der Waals surface area contributed by atoms with Crippen molar-refractivity contribution in [3.8, 4) is 0 Å². The lowest BCUT2D eigenvalue weighted by molar-refractivity contribution is -0.138. The minimum Gasteiger partial charge on any atom is -0.480 e. The summed E-state index contributed by atoms with van der Waals surface area (Å²) in [6, 6.07) is 7.55. The van der Waals surface area contributed by atoms with Gasteiger partial charge in [0.25, 0.3) is 0 Å². The second kappa shape index (κ2) is 5.19. The molecule has 0 fully saturated rings. The fourth-order valence-electron chi connectivity index (χ4n) is 1.46. The van der Waals surface area contributed by atoms with Crippen molar-refractivity contribution in [2.75, 3.05) is 11.6 Å². The maximum atomic E-state index is 10.9. The number of para-hydroxylation sites is 1. The van der Waals surface area contributed by atoms with Gasteiger partial charge in [-0.05, 0) is 39.3 Å². The Morgan fingerprint density at radius 1 is 1.35 bits per heavy atom. The summed E-state index contributed by atoms with van der Waals surface area (Å²) in [6.07, 6.45) is 0. The zero-order chi connectivity index (χ0) is 13.1. The van der Waals surface area contributed by atoms with Gasteiger partial charge in [0.15, 0.2) is 0 Å². The molecule has 0 amide bonds. The van der Waals surface area contributed by atoms with Crippen LogP contribution in [0, 0.1) is 6.92 Å². The van der Waals surface area contributed by atoms with E-state index in [1.165, 1.54) is 5.06 Å². The highest BCUT2D eigenvalue weighted by Gasteiger charge is 2.20. The smallest absolute Gasteiger partial charge is 0.325 e. The molecule has 0 aliphatic rings. The number of hydroxylamine groups is 1. The molecule has 1 aromatic rings. The Morgan fingerprint density at radius 3 is 2.41 bits per heavy atom. The molecule has 0 spiro atoms. The van der Waals surface area contributed by atoms with Crippen LogP contribution in [0.2, 0.25) is 0 Å². The number of aryl methyl sites for hydroxylation is 1. The lowest BCUT2D eigenvalue weighted by Gasteiger charge is -2.31. The minimum absolute atomic E-state index is 0.178. The van der Waals surface area contributed by atoms with E-state index in [9.17, 15) is 4.79 Å².